The van der Waals surface area contributed by atoms with Crippen LogP contribution in [0.15, 0.2) is 21.9 Å². The topological polar surface area (TPSA) is 45.4 Å². The summed E-state index contributed by atoms with van der Waals surface area (Å²) in [6.45, 7) is 5.96. The molecule has 1 saturated heterocycles. The van der Waals surface area contributed by atoms with Crippen molar-refractivity contribution in [1.29, 1.82) is 0 Å². The van der Waals surface area contributed by atoms with E-state index in [0.717, 1.165) is 13.1 Å². The highest BCUT2D eigenvalue weighted by molar-refractivity contribution is 7.09. The minimum absolute atomic E-state index is 0.0263. The highest BCUT2D eigenvalue weighted by atomic mass is 32.1. The SMILES string of the molecule is Cc1nnc(C(C)N(C)C[C@@H]2C[C@H](F)CN2Cc2cccs2)o1. The van der Waals surface area contributed by atoms with E-state index in [-0.39, 0.29) is 12.1 Å². The van der Waals surface area contributed by atoms with Gasteiger partial charge in [0.05, 0.1) is 6.04 Å². The molecule has 7 heteroatoms. The molecule has 1 fully saturated rings. The van der Waals surface area contributed by atoms with Gasteiger partial charge in [0.25, 0.3) is 0 Å². The molecule has 1 aliphatic heterocycles. The zero-order chi connectivity index (χ0) is 16.4. The van der Waals surface area contributed by atoms with Crippen molar-refractivity contribution in [2.24, 2.45) is 0 Å². The van der Waals surface area contributed by atoms with Gasteiger partial charge in [0.15, 0.2) is 0 Å². The minimum atomic E-state index is -0.741. The lowest BCUT2D eigenvalue weighted by Crippen LogP contribution is -2.39. The molecule has 3 rings (SSSR count). The van der Waals surface area contributed by atoms with Crippen LogP contribution in [0, 0.1) is 6.92 Å². The molecule has 0 aromatic carbocycles. The molecule has 23 heavy (non-hydrogen) atoms. The summed E-state index contributed by atoms with van der Waals surface area (Å²) in [6.07, 6.45) is -0.153. The molecule has 1 unspecified atom stereocenters. The summed E-state index contributed by atoms with van der Waals surface area (Å²) in [5, 5.41) is 10.0. The Morgan fingerprint density at radius 3 is 3.00 bits per heavy atom. The van der Waals surface area contributed by atoms with E-state index in [2.05, 4.69) is 31.4 Å². The first-order chi connectivity index (χ1) is 11.0. The average Bonchev–Trinajstić information content (AvgIpc) is 3.22. The second-order valence-corrected chi connectivity index (χ2v) is 7.30. The van der Waals surface area contributed by atoms with Crippen LogP contribution < -0.4 is 0 Å². The Morgan fingerprint density at radius 1 is 1.52 bits per heavy atom. The zero-order valence-electron chi connectivity index (χ0n) is 13.8. The Bertz CT molecular complexity index is 617. The third kappa shape index (κ3) is 3.97. The minimum Gasteiger partial charge on any atom is -0.424 e. The number of aryl methyl sites for hydroxylation is 1. The molecule has 0 N–H and O–H groups in total. The van der Waals surface area contributed by atoms with Crippen molar-refractivity contribution < 1.29 is 8.81 Å². The van der Waals surface area contributed by atoms with Gasteiger partial charge >= 0.3 is 0 Å². The summed E-state index contributed by atoms with van der Waals surface area (Å²) in [5.74, 6) is 1.19. The molecule has 2 aromatic rings. The normalized spacial score (nSPS) is 23.7. The van der Waals surface area contributed by atoms with Crippen LogP contribution in [0.3, 0.4) is 0 Å². The Kier molecular flexibility index (Phi) is 5.08. The van der Waals surface area contributed by atoms with E-state index in [4.69, 9.17) is 4.42 Å². The molecule has 0 saturated carbocycles. The predicted octanol–water partition coefficient (Wildman–Crippen LogP) is 3.04. The number of aromatic nitrogens is 2. The van der Waals surface area contributed by atoms with Gasteiger partial charge in [-0.05, 0) is 31.8 Å². The molecule has 0 amide bonds. The standard InChI is InChI=1S/C16H23FN4OS/c1-11(16-19-18-12(2)22-16)20(3)9-14-7-13(17)8-21(14)10-15-5-4-6-23-15/h4-6,11,13-14H,7-10H2,1-3H3/t11?,13-,14-/m0/s1. The summed E-state index contributed by atoms with van der Waals surface area (Å²) >= 11 is 1.73. The van der Waals surface area contributed by atoms with Crippen molar-refractivity contribution in [2.45, 2.75) is 45.1 Å². The maximum absolute atomic E-state index is 13.9. The fraction of sp³-hybridized carbons (Fsp3) is 0.625. The fourth-order valence-corrected chi connectivity index (χ4v) is 3.80. The fourth-order valence-electron chi connectivity index (χ4n) is 3.07. The lowest BCUT2D eigenvalue weighted by molar-refractivity contribution is 0.148. The van der Waals surface area contributed by atoms with Gasteiger partial charge in [0.1, 0.15) is 6.17 Å². The summed E-state index contributed by atoms with van der Waals surface area (Å²) in [7, 11) is 2.03. The molecular weight excluding hydrogens is 315 g/mol. The molecule has 2 aromatic heterocycles. The van der Waals surface area contributed by atoms with E-state index < -0.39 is 6.17 Å². The van der Waals surface area contributed by atoms with Gasteiger partial charge in [-0.3, -0.25) is 9.80 Å². The number of alkyl halides is 1. The van der Waals surface area contributed by atoms with Crippen LogP contribution in [0.25, 0.3) is 0 Å². The monoisotopic (exact) mass is 338 g/mol. The molecule has 0 radical (unpaired) electrons. The Balaban J connectivity index is 1.62. The maximum Gasteiger partial charge on any atom is 0.233 e. The van der Waals surface area contributed by atoms with E-state index in [1.54, 1.807) is 18.3 Å². The molecule has 0 aliphatic carbocycles. The van der Waals surface area contributed by atoms with Gasteiger partial charge in [-0.1, -0.05) is 6.07 Å². The zero-order valence-corrected chi connectivity index (χ0v) is 14.6. The van der Waals surface area contributed by atoms with Crippen molar-refractivity contribution in [3.05, 3.63) is 34.2 Å². The first kappa shape index (κ1) is 16.5. The number of likely N-dealkylation sites (N-methyl/N-ethyl adjacent to an activating group) is 1. The highest BCUT2D eigenvalue weighted by Crippen LogP contribution is 2.27. The predicted molar refractivity (Wildman–Crippen MR) is 88.1 cm³/mol. The molecule has 0 spiro atoms. The number of halogens is 1. The number of nitrogens with zero attached hydrogens (tertiary/aromatic N) is 4. The third-order valence-corrected chi connectivity index (χ3v) is 5.34. The van der Waals surface area contributed by atoms with E-state index in [0.29, 0.717) is 24.7 Å². The van der Waals surface area contributed by atoms with E-state index in [9.17, 15) is 4.39 Å². The van der Waals surface area contributed by atoms with Crippen LogP contribution in [-0.2, 0) is 6.54 Å². The van der Waals surface area contributed by atoms with Crippen molar-refractivity contribution >= 4 is 11.3 Å². The maximum atomic E-state index is 13.9. The second kappa shape index (κ2) is 7.07. The molecule has 5 nitrogen and oxygen atoms in total. The second-order valence-electron chi connectivity index (χ2n) is 6.27. The number of likely N-dealkylation sites (tertiary alicyclic amines) is 1. The lowest BCUT2D eigenvalue weighted by Gasteiger charge is -2.30. The molecular formula is C16H23FN4OS. The summed E-state index contributed by atoms with van der Waals surface area (Å²) in [6, 6.07) is 4.40. The molecule has 3 atom stereocenters. The largest absolute Gasteiger partial charge is 0.424 e. The lowest BCUT2D eigenvalue weighted by atomic mass is 10.1. The van der Waals surface area contributed by atoms with Crippen LogP contribution >= 0.6 is 11.3 Å². The van der Waals surface area contributed by atoms with Crippen LogP contribution in [0.1, 0.15) is 36.0 Å². The van der Waals surface area contributed by atoms with E-state index in [1.807, 2.05) is 20.0 Å². The number of thiophene rings is 1. The van der Waals surface area contributed by atoms with Crippen LogP contribution in [0.4, 0.5) is 4.39 Å². The Hall–Kier alpha value is -1.31. The number of hydrogen-bond donors (Lipinski definition) is 0. The van der Waals surface area contributed by atoms with Crippen molar-refractivity contribution in [3.8, 4) is 0 Å². The van der Waals surface area contributed by atoms with Crippen LogP contribution in [0.5, 0.6) is 0 Å². The van der Waals surface area contributed by atoms with Crippen LogP contribution in [0.2, 0.25) is 0 Å². The Labute approximate surface area is 140 Å². The first-order valence-electron chi connectivity index (χ1n) is 7.93. The molecule has 3 heterocycles. The third-order valence-electron chi connectivity index (χ3n) is 4.47. The van der Waals surface area contributed by atoms with E-state index >= 15 is 0 Å². The van der Waals surface area contributed by atoms with Crippen LogP contribution in [-0.4, -0.2) is 52.3 Å². The first-order valence-corrected chi connectivity index (χ1v) is 8.81. The van der Waals surface area contributed by atoms with Gasteiger partial charge in [-0.25, -0.2) is 4.39 Å². The number of hydrogen-bond acceptors (Lipinski definition) is 6. The van der Waals surface area contributed by atoms with Crippen molar-refractivity contribution in [1.82, 2.24) is 20.0 Å². The number of rotatable bonds is 6. The average molecular weight is 338 g/mol. The molecule has 0 bridgehead atoms. The van der Waals surface area contributed by atoms with Gasteiger partial charge in [0.2, 0.25) is 11.8 Å². The van der Waals surface area contributed by atoms with Gasteiger partial charge < -0.3 is 4.42 Å². The highest BCUT2D eigenvalue weighted by Gasteiger charge is 2.34. The van der Waals surface area contributed by atoms with Gasteiger partial charge in [-0.2, -0.15) is 0 Å². The summed E-state index contributed by atoms with van der Waals surface area (Å²) in [5.41, 5.74) is 0. The quantitative estimate of drug-likeness (QED) is 0.810. The van der Waals surface area contributed by atoms with Gasteiger partial charge in [-0.15, -0.1) is 21.5 Å². The smallest absolute Gasteiger partial charge is 0.233 e. The van der Waals surface area contributed by atoms with Crippen molar-refractivity contribution in [3.63, 3.8) is 0 Å². The molecule has 1 aliphatic rings. The Morgan fingerprint density at radius 2 is 2.35 bits per heavy atom. The van der Waals surface area contributed by atoms with E-state index in [1.165, 1.54) is 4.88 Å². The summed E-state index contributed by atoms with van der Waals surface area (Å²) in [4.78, 5) is 5.70. The summed E-state index contributed by atoms with van der Waals surface area (Å²) < 4.78 is 19.4. The van der Waals surface area contributed by atoms with Crippen molar-refractivity contribution in [2.75, 3.05) is 20.1 Å². The van der Waals surface area contributed by atoms with Gasteiger partial charge in [0, 0.05) is 37.5 Å². The molecule has 126 valence electrons.